The molecule has 0 aromatic heterocycles. The number of benzene rings is 3. The largest absolute Gasteiger partial charge is 0.497 e. The molecule has 0 bridgehead atoms. The molecule has 3 rings (SSSR count). The van der Waals surface area contributed by atoms with Crippen molar-refractivity contribution in [2.24, 2.45) is 0 Å². The van der Waals surface area contributed by atoms with Gasteiger partial charge in [0.15, 0.2) is 0 Å². The SMILES string of the molecule is COc1ccc(OC)c(C(C)NC(=O)CN(c2ccc(OC)c(Cl)c2)S(=O)(=O)c2ccccc2)c1. The Morgan fingerprint density at radius 2 is 1.60 bits per heavy atom. The summed E-state index contributed by atoms with van der Waals surface area (Å²) >= 11 is 6.26. The van der Waals surface area contributed by atoms with Crippen molar-refractivity contribution in [1.82, 2.24) is 5.32 Å². The summed E-state index contributed by atoms with van der Waals surface area (Å²) in [5, 5.41) is 3.06. The number of ether oxygens (including phenoxy) is 3. The molecule has 35 heavy (non-hydrogen) atoms. The monoisotopic (exact) mass is 518 g/mol. The molecule has 8 nitrogen and oxygen atoms in total. The van der Waals surface area contributed by atoms with E-state index in [1.165, 1.54) is 38.5 Å². The van der Waals surface area contributed by atoms with Crippen LogP contribution in [0.1, 0.15) is 18.5 Å². The van der Waals surface area contributed by atoms with E-state index in [2.05, 4.69) is 5.32 Å². The molecular formula is C25H27ClN2O6S. The number of amides is 1. The van der Waals surface area contributed by atoms with Crippen LogP contribution < -0.4 is 23.8 Å². The van der Waals surface area contributed by atoms with Gasteiger partial charge in [0.1, 0.15) is 23.8 Å². The molecule has 0 saturated carbocycles. The summed E-state index contributed by atoms with van der Waals surface area (Å²) in [6.07, 6.45) is 0. The van der Waals surface area contributed by atoms with Crippen LogP contribution in [-0.4, -0.2) is 42.2 Å². The maximum atomic E-state index is 13.5. The molecule has 186 valence electrons. The summed E-state index contributed by atoms with van der Waals surface area (Å²) in [5.74, 6) is 1.03. The normalized spacial score (nSPS) is 11.9. The lowest BCUT2D eigenvalue weighted by atomic mass is 10.1. The Morgan fingerprint density at radius 1 is 0.943 bits per heavy atom. The highest BCUT2D eigenvalue weighted by atomic mass is 35.5. The highest BCUT2D eigenvalue weighted by Gasteiger charge is 2.28. The van der Waals surface area contributed by atoms with Gasteiger partial charge in [-0.3, -0.25) is 9.10 Å². The molecule has 0 aliphatic rings. The van der Waals surface area contributed by atoms with Crippen LogP contribution in [0, 0.1) is 0 Å². The smallest absolute Gasteiger partial charge is 0.264 e. The molecule has 1 unspecified atom stereocenters. The van der Waals surface area contributed by atoms with Gasteiger partial charge in [-0.25, -0.2) is 8.42 Å². The van der Waals surface area contributed by atoms with Gasteiger partial charge in [-0.1, -0.05) is 29.8 Å². The summed E-state index contributed by atoms with van der Waals surface area (Å²) < 4.78 is 43.9. The topological polar surface area (TPSA) is 94.2 Å². The molecule has 1 atom stereocenters. The van der Waals surface area contributed by atoms with E-state index in [1.54, 1.807) is 56.5 Å². The van der Waals surface area contributed by atoms with E-state index in [1.807, 2.05) is 0 Å². The summed E-state index contributed by atoms with van der Waals surface area (Å²) in [6, 6.07) is 17.2. The van der Waals surface area contributed by atoms with E-state index in [9.17, 15) is 13.2 Å². The number of sulfonamides is 1. The number of rotatable bonds is 10. The third kappa shape index (κ3) is 5.98. The number of methoxy groups -OCH3 is 3. The second-order valence-electron chi connectivity index (χ2n) is 7.54. The van der Waals surface area contributed by atoms with Crippen molar-refractivity contribution in [3.8, 4) is 17.2 Å². The number of anilines is 1. The lowest BCUT2D eigenvalue weighted by Crippen LogP contribution is -2.41. The fourth-order valence-corrected chi connectivity index (χ4v) is 5.20. The molecule has 1 N–H and O–H groups in total. The van der Waals surface area contributed by atoms with Gasteiger partial charge < -0.3 is 19.5 Å². The molecule has 0 fully saturated rings. The maximum Gasteiger partial charge on any atom is 0.264 e. The highest BCUT2D eigenvalue weighted by Crippen LogP contribution is 2.32. The van der Waals surface area contributed by atoms with Gasteiger partial charge in [-0.05, 0) is 55.5 Å². The summed E-state index contributed by atoms with van der Waals surface area (Å²) in [4.78, 5) is 13.1. The minimum atomic E-state index is -4.08. The van der Waals surface area contributed by atoms with Crippen LogP contribution in [0.15, 0.2) is 71.6 Å². The van der Waals surface area contributed by atoms with E-state index in [0.717, 1.165) is 4.31 Å². The van der Waals surface area contributed by atoms with Crippen LogP contribution >= 0.6 is 11.6 Å². The van der Waals surface area contributed by atoms with E-state index >= 15 is 0 Å². The lowest BCUT2D eigenvalue weighted by molar-refractivity contribution is -0.120. The Bertz CT molecular complexity index is 1280. The maximum absolute atomic E-state index is 13.5. The Kier molecular flexibility index (Phi) is 8.48. The van der Waals surface area contributed by atoms with Gasteiger partial charge in [0.25, 0.3) is 10.0 Å². The number of halogens is 1. The summed E-state index contributed by atoms with van der Waals surface area (Å²) in [5.41, 5.74) is 0.909. The molecule has 0 radical (unpaired) electrons. The van der Waals surface area contributed by atoms with E-state index < -0.39 is 28.5 Å². The van der Waals surface area contributed by atoms with Gasteiger partial charge in [-0.15, -0.1) is 0 Å². The third-order valence-electron chi connectivity index (χ3n) is 5.32. The molecular weight excluding hydrogens is 492 g/mol. The van der Waals surface area contributed by atoms with Gasteiger partial charge in [0.2, 0.25) is 5.91 Å². The van der Waals surface area contributed by atoms with Crippen molar-refractivity contribution in [3.05, 3.63) is 77.3 Å². The molecule has 10 heteroatoms. The Hall–Kier alpha value is -3.43. The number of hydrogen-bond donors (Lipinski definition) is 1. The lowest BCUT2D eigenvalue weighted by Gasteiger charge is -2.26. The minimum absolute atomic E-state index is 0.0438. The molecule has 1 amide bonds. The number of hydrogen-bond acceptors (Lipinski definition) is 6. The van der Waals surface area contributed by atoms with Crippen molar-refractivity contribution in [3.63, 3.8) is 0 Å². The van der Waals surface area contributed by atoms with Crippen LogP contribution in [-0.2, 0) is 14.8 Å². The first-order valence-corrected chi connectivity index (χ1v) is 12.5. The van der Waals surface area contributed by atoms with Gasteiger partial charge in [-0.2, -0.15) is 0 Å². The van der Waals surface area contributed by atoms with E-state index in [4.69, 9.17) is 25.8 Å². The fraction of sp³-hybridized carbons (Fsp3) is 0.240. The molecule has 0 saturated heterocycles. The van der Waals surface area contributed by atoms with Crippen molar-refractivity contribution in [2.45, 2.75) is 17.9 Å². The molecule has 0 spiro atoms. The van der Waals surface area contributed by atoms with Gasteiger partial charge >= 0.3 is 0 Å². The summed E-state index contributed by atoms with van der Waals surface area (Å²) in [6.45, 7) is 1.30. The zero-order valence-corrected chi connectivity index (χ0v) is 21.4. The molecule has 3 aromatic rings. The standard InChI is InChI=1S/C25H27ClN2O6S/c1-17(21-15-19(32-2)11-13-23(21)33-3)27-25(29)16-28(18-10-12-24(34-4)22(26)14-18)35(30,31)20-8-6-5-7-9-20/h5-15,17H,16H2,1-4H3,(H,27,29). The molecule has 3 aromatic carbocycles. The molecule has 0 aliphatic carbocycles. The van der Waals surface area contributed by atoms with Crippen LogP contribution in [0.5, 0.6) is 17.2 Å². The first-order valence-electron chi connectivity index (χ1n) is 10.6. The van der Waals surface area contributed by atoms with Crippen LogP contribution in [0.4, 0.5) is 5.69 Å². The zero-order valence-electron chi connectivity index (χ0n) is 19.8. The predicted molar refractivity (Wildman–Crippen MR) is 135 cm³/mol. The van der Waals surface area contributed by atoms with E-state index in [0.29, 0.717) is 22.8 Å². The number of carbonyl (C=O) groups excluding carboxylic acids is 1. The quantitative estimate of drug-likeness (QED) is 0.426. The predicted octanol–water partition coefficient (Wildman–Crippen LogP) is 4.44. The van der Waals surface area contributed by atoms with Gasteiger partial charge in [0.05, 0.1) is 43.0 Å². The fourth-order valence-electron chi connectivity index (χ4n) is 3.52. The first-order chi connectivity index (χ1) is 16.7. The van der Waals surface area contributed by atoms with Crippen molar-refractivity contribution < 1.29 is 27.4 Å². The first kappa shape index (κ1) is 26.2. The second-order valence-corrected chi connectivity index (χ2v) is 9.81. The van der Waals surface area contributed by atoms with Crippen molar-refractivity contribution in [2.75, 3.05) is 32.2 Å². The Balaban J connectivity index is 1.93. The van der Waals surface area contributed by atoms with Crippen molar-refractivity contribution >= 4 is 33.2 Å². The number of nitrogens with zero attached hydrogens (tertiary/aromatic N) is 1. The second kappa shape index (κ2) is 11.3. The minimum Gasteiger partial charge on any atom is -0.497 e. The zero-order chi connectivity index (χ0) is 25.6. The van der Waals surface area contributed by atoms with Crippen molar-refractivity contribution in [1.29, 1.82) is 0 Å². The highest BCUT2D eigenvalue weighted by molar-refractivity contribution is 7.92. The van der Waals surface area contributed by atoms with E-state index in [-0.39, 0.29) is 15.6 Å². The van der Waals surface area contributed by atoms with Crippen LogP contribution in [0.3, 0.4) is 0 Å². The molecule has 0 heterocycles. The summed E-state index contributed by atoms with van der Waals surface area (Å²) in [7, 11) is 0.450. The van der Waals surface area contributed by atoms with Crippen LogP contribution in [0.25, 0.3) is 0 Å². The van der Waals surface area contributed by atoms with Gasteiger partial charge in [0, 0.05) is 5.56 Å². The third-order valence-corrected chi connectivity index (χ3v) is 7.41. The number of carbonyl (C=O) groups is 1. The van der Waals surface area contributed by atoms with Crippen LogP contribution in [0.2, 0.25) is 5.02 Å². The number of nitrogens with one attached hydrogen (secondary N) is 1. The Labute approximate surface area is 210 Å². The molecule has 0 aliphatic heterocycles. The Morgan fingerprint density at radius 3 is 2.20 bits per heavy atom. The average molecular weight is 519 g/mol. The average Bonchev–Trinajstić information content (AvgIpc) is 2.87.